The Morgan fingerprint density at radius 3 is 2.18 bits per heavy atom. The van der Waals surface area contributed by atoms with Crippen molar-refractivity contribution in [2.45, 2.75) is 16.5 Å². The zero-order chi connectivity index (χ0) is 9.07. The Kier molecular flexibility index (Phi) is 5.08. The molecule has 0 radical (unpaired) electrons. The maximum atomic E-state index is 11.0. The zero-order valence-corrected chi connectivity index (χ0v) is 10.0. The average molecular weight is 280 g/mol. The van der Waals surface area contributed by atoms with Gasteiger partial charge >= 0.3 is 87.4 Å². The van der Waals surface area contributed by atoms with Gasteiger partial charge in [-0.3, -0.25) is 0 Å². The summed E-state index contributed by atoms with van der Waals surface area (Å²) in [5.41, 5.74) is 0. The molecule has 5 heteroatoms. The molecule has 0 aliphatic rings. The molecule has 0 aliphatic heterocycles. The molecule has 0 aliphatic carbocycles. The van der Waals surface area contributed by atoms with E-state index in [0.717, 1.165) is 4.47 Å². The van der Waals surface area contributed by atoms with E-state index in [4.69, 9.17) is 34.8 Å². The molecule has 11 heavy (non-hydrogen) atoms. The van der Waals surface area contributed by atoms with E-state index < -0.39 is 9.58 Å². The van der Waals surface area contributed by atoms with Crippen LogP contribution in [0.2, 0.25) is 5.82 Å². The first kappa shape index (κ1) is 11.8. The van der Waals surface area contributed by atoms with Crippen LogP contribution >= 0.6 is 34.8 Å². The number of rotatable bonds is 2. The maximum absolute atomic E-state index is 11.0. The van der Waals surface area contributed by atoms with Crippen LogP contribution in [0, 0.1) is 0 Å². The van der Waals surface area contributed by atoms with Crippen LogP contribution in [0.3, 0.4) is 0 Å². The van der Waals surface area contributed by atoms with E-state index in [1.54, 1.807) is 0 Å². The van der Waals surface area contributed by atoms with Gasteiger partial charge in [0.15, 0.2) is 0 Å². The number of ketones is 1. The van der Waals surface area contributed by atoms with Gasteiger partial charge in [-0.2, -0.15) is 0 Å². The van der Waals surface area contributed by atoms with Crippen LogP contribution in [0.25, 0.3) is 0 Å². The number of carbonyl (C=O) groups excluding carboxylic acids is 1. The van der Waals surface area contributed by atoms with Crippen molar-refractivity contribution in [3.8, 4) is 0 Å². The molecule has 0 fully saturated rings. The van der Waals surface area contributed by atoms with Gasteiger partial charge in [0.1, 0.15) is 0 Å². The number of hydrogen-bond donors (Lipinski definition) is 0. The first-order valence-electron chi connectivity index (χ1n) is 2.71. The summed E-state index contributed by atoms with van der Waals surface area (Å²) in [7, 11) is 0. The molecule has 0 aromatic heterocycles. The van der Waals surface area contributed by atoms with Crippen molar-refractivity contribution in [1.82, 2.24) is 0 Å². The van der Waals surface area contributed by atoms with Gasteiger partial charge in [0.05, 0.1) is 0 Å². The quantitative estimate of drug-likeness (QED) is 0.432. The second-order valence-corrected chi connectivity index (χ2v) is 6.31. The molecule has 0 aromatic carbocycles. The number of alkyl halides is 3. The number of carbonyl (C=O) groups is 1. The van der Waals surface area contributed by atoms with E-state index in [-0.39, 0.29) is 0 Å². The summed E-state index contributed by atoms with van der Waals surface area (Å²) in [5, 5.41) is 0. The van der Waals surface area contributed by atoms with Crippen LogP contribution in [0.4, 0.5) is 0 Å². The molecule has 0 aromatic rings. The van der Waals surface area contributed by atoms with Gasteiger partial charge < -0.3 is 0 Å². The van der Waals surface area contributed by atoms with E-state index in [1.807, 2.05) is 12.7 Å². The molecule has 0 saturated heterocycles. The first-order chi connectivity index (χ1) is 4.88. The molecule has 0 bridgehead atoms. The van der Waals surface area contributed by atoms with Crippen LogP contribution in [-0.2, 0) is 4.79 Å². The van der Waals surface area contributed by atoms with Gasteiger partial charge in [-0.1, -0.05) is 0 Å². The normalized spacial score (nSPS) is 13.4. The van der Waals surface area contributed by atoms with Gasteiger partial charge in [0, 0.05) is 0 Å². The SMILES string of the molecule is C[Se]/C(C)=C\C(=O)C(Cl)(Cl)Cl. The Balaban J connectivity index is 4.30. The zero-order valence-electron chi connectivity index (χ0n) is 6.03. The molecule has 64 valence electrons. The Morgan fingerprint density at radius 2 is 1.91 bits per heavy atom. The summed E-state index contributed by atoms with van der Waals surface area (Å²) in [6.07, 6.45) is 1.38. The van der Waals surface area contributed by atoms with Crippen LogP contribution in [0.5, 0.6) is 0 Å². The number of hydrogen-bond acceptors (Lipinski definition) is 1. The molecule has 0 atom stereocenters. The monoisotopic (exact) mass is 280 g/mol. The standard InChI is InChI=1S/C6H7Cl3OSe/c1-4(11-2)3-5(10)6(7,8)9/h3H,1-2H3/b4-3-. The van der Waals surface area contributed by atoms with Crippen LogP contribution in [-0.4, -0.2) is 24.5 Å². The van der Waals surface area contributed by atoms with E-state index in [9.17, 15) is 4.79 Å². The van der Waals surface area contributed by atoms with E-state index in [2.05, 4.69) is 0 Å². The average Bonchev–Trinajstić information content (AvgIpc) is 1.85. The topological polar surface area (TPSA) is 17.1 Å². The van der Waals surface area contributed by atoms with Gasteiger partial charge in [0.25, 0.3) is 0 Å². The predicted octanol–water partition coefficient (Wildman–Crippen LogP) is 2.58. The Labute approximate surface area is 87.2 Å². The molecule has 1 nitrogen and oxygen atoms in total. The second kappa shape index (κ2) is 4.73. The Bertz CT molecular complexity index is 183. The van der Waals surface area contributed by atoms with Crippen molar-refractivity contribution in [3.63, 3.8) is 0 Å². The summed E-state index contributed by atoms with van der Waals surface area (Å²) >= 11 is 16.3. The number of allylic oxidation sites excluding steroid dienone is 2. The van der Waals surface area contributed by atoms with Crippen molar-refractivity contribution in [2.75, 3.05) is 0 Å². The molecule has 0 heterocycles. The summed E-state index contributed by atoms with van der Waals surface area (Å²) < 4.78 is -0.833. The van der Waals surface area contributed by atoms with Crippen molar-refractivity contribution < 1.29 is 4.79 Å². The summed E-state index contributed by atoms with van der Waals surface area (Å²) in [6, 6.07) is 0. The van der Waals surface area contributed by atoms with Crippen molar-refractivity contribution in [1.29, 1.82) is 0 Å². The van der Waals surface area contributed by atoms with Crippen molar-refractivity contribution >= 4 is 55.5 Å². The van der Waals surface area contributed by atoms with Crippen LogP contribution in [0.15, 0.2) is 10.5 Å². The minimum absolute atomic E-state index is 0.297. The molecule has 0 amide bonds. The third-order valence-electron chi connectivity index (χ3n) is 0.936. The summed E-state index contributed by atoms with van der Waals surface area (Å²) in [5.74, 6) is 1.52. The van der Waals surface area contributed by atoms with Gasteiger partial charge in [-0.15, -0.1) is 0 Å². The van der Waals surface area contributed by atoms with Gasteiger partial charge in [0.2, 0.25) is 0 Å². The first-order valence-corrected chi connectivity index (χ1v) is 6.41. The minimum atomic E-state index is -1.80. The Morgan fingerprint density at radius 1 is 1.45 bits per heavy atom. The fraction of sp³-hybridized carbons (Fsp3) is 0.500. The Hall–Kier alpha value is 0.799. The van der Waals surface area contributed by atoms with Crippen molar-refractivity contribution in [3.05, 3.63) is 10.5 Å². The molecule has 0 saturated carbocycles. The van der Waals surface area contributed by atoms with E-state index >= 15 is 0 Å². The summed E-state index contributed by atoms with van der Waals surface area (Å²) in [6.45, 7) is 1.84. The van der Waals surface area contributed by atoms with Crippen LogP contribution in [0.1, 0.15) is 6.92 Å². The molecular weight excluding hydrogens is 273 g/mol. The van der Waals surface area contributed by atoms with Gasteiger partial charge in [-0.05, 0) is 0 Å². The molecular formula is C6H7Cl3OSe. The third-order valence-corrected chi connectivity index (χ3v) is 3.09. The second-order valence-electron chi connectivity index (χ2n) is 1.82. The molecule has 0 spiro atoms. The fourth-order valence-electron chi connectivity index (χ4n) is 0.325. The fourth-order valence-corrected chi connectivity index (χ4v) is 0.961. The van der Waals surface area contributed by atoms with Crippen molar-refractivity contribution in [2.24, 2.45) is 0 Å². The number of halogens is 3. The van der Waals surface area contributed by atoms with E-state index in [0.29, 0.717) is 15.0 Å². The van der Waals surface area contributed by atoms with Gasteiger partial charge in [-0.25, -0.2) is 0 Å². The molecule has 0 unspecified atom stereocenters. The molecule has 0 N–H and O–H groups in total. The predicted molar refractivity (Wildman–Crippen MR) is 50.7 cm³/mol. The third kappa shape index (κ3) is 5.10. The summed E-state index contributed by atoms with van der Waals surface area (Å²) in [4.78, 5) is 11.0. The van der Waals surface area contributed by atoms with Crippen LogP contribution < -0.4 is 0 Å². The molecule has 0 rings (SSSR count). The van der Waals surface area contributed by atoms with E-state index in [1.165, 1.54) is 6.08 Å².